The Morgan fingerprint density at radius 1 is 1.27 bits per heavy atom. The second kappa shape index (κ2) is 9.16. The van der Waals surface area contributed by atoms with Crippen molar-refractivity contribution in [3.63, 3.8) is 0 Å². The number of methoxy groups -OCH3 is 1. The number of benzene rings is 1. The van der Waals surface area contributed by atoms with Gasteiger partial charge < -0.3 is 24.6 Å². The Morgan fingerprint density at radius 2 is 2.06 bits per heavy atom. The van der Waals surface area contributed by atoms with E-state index in [-0.39, 0.29) is 24.4 Å². The van der Waals surface area contributed by atoms with Crippen molar-refractivity contribution in [1.29, 1.82) is 0 Å². The van der Waals surface area contributed by atoms with Gasteiger partial charge in [-0.05, 0) is 55.9 Å². The number of hydrogen-bond donors (Lipinski definition) is 2. The number of β-amino-alcohol motifs (C(OH)–C–C–N with tert-alkyl or cyclic N) is 1. The SMILES string of the molecule is COc1ccc([N+](=O)[O-])cc1-n1c(C)cc(C2C(c3ccccn3)NC(=S)N2CCO)c1C. The van der Waals surface area contributed by atoms with Crippen molar-refractivity contribution in [1.82, 2.24) is 19.8 Å². The Hall–Kier alpha value is -3.50. The van der Waals surface area contributed by atoms with Crippen LogP contribution in [0.4, 0.5) is 5.69 Å². The molecule has 2 aromatic heterocycles. The normalized spacial score (nSPS) is 17.8. The summed E-state index contributed by atoms with van der Waals surface area (Å²) in [5.41, 5.74) is 4.18. The van der Waals surface area contributed by atoms with Gasteiger partial charge in [-0.25, -0.2) is 0 Å². The number of nitrogens with one attached hydrogen (secondary N) is 1. The Morgan fingerprint density at radius 3 is 2.70 bits per heavy atom. The number of nitro groups is 1. The molecule has 2 N–H and O–H groups in total. The van der Waals surface area contributed by atoms with Crippen LogP contribution in [0.2, 0.25) is 0 Å². The van der Waals surface area contributed by atoms with Gasteiger partial charge in [-0.2, -0.15) is 0 Å². The standard InChI is InChI=1S/C23H25N5O4S/c1-14-12-17(15(2)27(14)19-13-16(28(30)31)7-8-20(19)32-3)22-21(18-6-4-5-9-24-18)25-23(33)26(22)10-11-29/h4-9,12-13,21-22,29H,10-11H2,1-3H3,(H,25,33). The van der Waals surface area contributed by atoms with Gasteiger partial charge in [0.2, 0.25) is 0 Å². The molecule has 0 aliphatic carbocycles. The molecule has 172 valence electrons. The van der Waals surface area contributed by atoms with Crippen LogP contribution in [0.25, 0.3) is 5.69 Å². The van der Waals surface area contributed by atoms with Crippen LogP contribution in [0, 0.1) is 24.0 Å². The predicted octanol–water partition coefficient (Wildman–Crippen LogP) is 3.37. The smallest absolute Gasteiger partial charge is 0.271 e. The van der Waals surface area contributed by atoms with E-state index in [0.717, 1.165) is 22.6 Å². The molecule has 1 aromatic carbocycles. The highest BCUT2D eigenvalue weighted by molar-refractivity contribution is 7.80. The minimum Gasteiger partial charge on any atom is -0.495 e. The van der Waals surface area contributed by atoms with Gasteiger partial charge in [0.25, 0.3) is 5.69 Å². The summed E-state index contributed by atoms with van der Waals surface area (Å²) in [7, 11) is 1.54. The zero-order chi connectivity index (χ0) is 23.7. The summed E-state index contributed by atoms with van der Waals surface area (Å²) in [5, 5.41) is 25.0. The van der Waals surface area contributed by atoms with Crippen molar-refractivity contribution in [2.24, 2.45) is 0 Å². The number of thiocarbonyl (C=S) groups is 1. The molecule has 0 radical (unpaired) electrons. The van der Waals surface area contributed by atoms with Crippen LogP contribution in [0.5, 0.6) is 5.75 Å². The van der Waals surface area contributed by atoms with E-state index in [4.69, 9.17) is 17.0 Å². The quantitative estimate of drug-likeness (QED) is 0.310. The van der Waals surface area contributed by atoms with E-state index in [9.17, 15) is 15.2 Å². The molecule has 2 atom stereocenters. The number of pyridine rings is 1. The molecule has 9 nitrogen and oxygen atoms in total. The first kappa shape index (κ1) is 22.7. The van der Waals surface area contributed by atoms with Gasteiger partial charge in [-0.1, -0.05) is 6.07 Å². The molecule has 0 spiro atoms. The zero-order valence-corrected chi connectivity index (χ0v) is 19.4. The lowest BCUT2D eigenvalue weighted by Crippen LogP contribution is -2.32. The summed E-state index contributed by atoms with van der Waals surface area (Å²) in [4.78, 5) is 17.5. The largest absolute Gasteiger partial charge is 0.495 e. The molecule has 0 amide bonds. The Balaban J connectivity index is 1.88. The van der Waals surface area contributed by atoms with Crippen LogP contribution in [-0.4, -0.2) is 49.9 Å². The van der Waals surface area contributed by atoms with Gasteiger partial charge in [0.15, 0.2) is 5.11 Å². The second-order valence-corrected chi connectivity index (χ2v) is 8.21. The van der Waals surface area contributed by atoms with Crippen molar-refractivity contribution < 1.29 is 14.8 Å². The molecule has 33 heavy (non-hydrogen) atoms. The monoisotopic (exact) mass is 467 g/mol. The van der Waals surface area contributed by atoms with Gasteiger partial charge in [-0.15, -0.1) is 0 Å². The van der Waals surface area contributed by atoms with E-state index >= 15 is 0 Å². The number of non-ortho nitro benzene ring substituents is 1. The lowest BCUT2D eigenvalue weighted by Gasteiger charge is -2.27. The summed E-state index contributed by atoms with van der Waals surface area (Å²) in [6.07, 6.45) is 1.74. The van der Waals surface area contributed by atoms with Crippen LogP contribution in [0.3, 0.4) is 0 Å². The van der Waals surface area contributed by atoms with E-state index in [2.05, 4.69) is 10.3 Å². The molecule has 4 rings (SSSR count). The number of nitro benzene ring substituents is 1. The third kappa shape index (κ3) is 4.03. The maximum atomic E-state index is 11.4. The lowest BCUT2D eigenvalue weighted by molar-refractivity contribution is -0.384. The third-order valence-corrected chi connectivity index (χ3v) is 6.29. The molecule has 3 aromatic rings. The molecular weight excluding hydrogens is 442 g/mol. The fraction of sp³-hybridized carbons (Fsp3) is 0.304. The Bertz CT molecular complexity index is 1200. The summed E-state index contributed by atoms with van der Waals surface area (Å²) >= 11 is 5.60. The van der Waals surface area contributed by atoms with Crippen LogP contribution < -0.4 is 10.1 Å². The Kier molecular flexibility index (Phi) is 6.30. The summed E-state index contributed by atoms with van der Waals surface area (Å²) in [6.45, 7) is 4.23. The fourth-order valence-corrected chi connectivity index (χ4v) is 4.85. The number of hydrogen-bond acceptors (Lipinski definition) is 6. The highest BCUT2D eigenvalue weighted by atomic mass is 32.1. The lowest BCUT2D eigenvalue weighted by atomic mass is 9.97. The first-order valence-corrected chi connectivity index (χ1v) is 10.9. The van der Waals surface area contributed by atoms with Crippen LogP contribution >= 0.6 is 12.2 Å². The van der Waals surface area contributed by atoms with Crippen molar-refractivity contribution in [3.05, 3.63) is 81.4 Å². The minimum atomic E-state index is -0.419. The Labute approximate surface area is 196 Å². The van der Waals surface area contributed by atoms with Crippen molar-refractivity contribution in [2.45, 2.75) is 25.9 Å². The highest BCUT2D eigenvalue weighted by Gasteiger charge is 2.41. The molecule has 3 heterocycles. The van der Waals surface area contributed by atoms with Crippen LogP contribution in [-0.2, 0) is 0 Å². The summed E-state index contributed by atoms with van der Waals surface area (Å²) in [5.74, 6) is 0.530. The fourth-order valence-electron chi connectivity index (χ4n) is 4.52. The average Bonchev–Trinajstić information content (AvgIpc) is 3.29. The molecule has 1 fully saturated rings. The minimum absolute atomic E-state index is 0.0168. The van der Waals surface area contributed by atoms with E-state index in [1.54, 1.807) is 19.4 Å². The number of aromatic nitrogens is 2. The molecule has 10 heteroatoms. The number of rotatable bonds is 7. The number of ether oxygens (including phenoxy) is 1. The van der Waals surface area contributed by atoms with Gasteiger partial charge >= 0.3 is 0 Å². The van der Waals surface area contributed by atoms with Gasteiger partial charge in [-0.3, -0.25) is 15.1 Å². The first-order valence-electron chi connectivity index (χ1n) is 10.5. The maximum absolute atomic E-state index is 11.4. The third-order valence-electron chi connectivity index (χ3n) is 5.94. The number of aliphatic hydroxyl groups is 1. The highest BCUT2D eigenvalue weighted by Crippen LogP contribution is 2.42. The molecule has 1 aliphatic heterocycles. The summed E-state index contributed by atoms with van der Waals surface area (Å²) in [6, 6.07) is 11.9. The number of aliphatic hydroxyl groups excluding tert-OH is 1. The molecular formula is C23H25N5O4S. The van der Waals surface area contributed by atoms with Crippen molar-refractivity contribution in [2.75, 3.05) is 20.3 Å². The predicted molar refractivity (Wildman–Crippen MR) is 128 cm³/mol. The van der Waals surface area contributed by atoms with Gasteiger partial charge in [0.1, 0.15) is 5.75 Å². The van der Waals surface area contributed by atoms with E-state index < -0.39 is 4.92 Å². The van der Waals surface area contributed by atoms with E-state index in [1.807, 2.05) is 47.6 Å². The van der Waals surface area contributed by atoms with E-state index in [1.165, 1.54) is 12.1 Å². The van der Waals surface area contributed by atoms with Crippen molar-refractivity contribution >= 4 is 23.0 Å². The molecule has 1 aliphatic rings. The average molecular weight is 468 g/mol. The van der Waals surface area contributed by atoms with Gasteiger partial charge in [0, 0.05) is 36.3 Å². The van der Waals surface area contributed by atoms with E-state index in [0.29, 0.717) is 23.1 Å². The van der Waals surface area contributed by atoms with Crippen LogP contribution in [0.15, 0.2) is 48.7 Å². The molecule has 0 saturated carbocycles. The number of aryl methyl sites for hydroxylation is 1. The van der Waals surface area contributed by atoms with Crippen molar-refractivity contribution in [3.8, 4) is 11.4 Å². The second-order valence-electron chi connectivity index (χ2n) is 7.82. The topological polar surface area (TPSA) is 106 Å². The van der Waals surface area contributed by atoms with Crippen LogP contribution in [0.1, 0.15) is 34.7 Å². The summed E-state index contributed by atoms with van der Waals surface area (Å²) < 4.78 is 7.47. The zero-order valence-electron chi connectivity index (χ0n) is 18.6. The first-order chi connectivity index (χ1) is 15.9. The van der Waals surface area contributed by atoms with Gasteiger partial charge in [0.05, 0.1) is 42.1 Å². The molecule has 2 unspecified atom stereocenters. The number of nitrogens with zero attached hydrogens (tertiary/aromatic N) is 4. The molecule has 0 bridgehead atoms. The maximum Gasteiger partial charge on any atom is 0.271 e. The molecule has 1 saturated heterocycles.